The maximum atomic E-state index is 11.5. The van der Waals surface area contributed by atoms with Crippen LogP contribution in [-0.2, 0) is 0 Å². The van der Waals surface area contributed by atoms with Crippen molar-refractivity contribution in [1.82, 2.24) is 4.98 Å². The SMILES string of the molecule is NC(=O)c1cc(N)cnc1Nc1cccc2ccccc12. The minimum Gasteiger partial charge on any atom is -0.397 e. The van der Waals surface area contributed by atoms with Gasteiger partial charge in [-0.2, -0.15) is 0 Å². The lowest BCUT2D eigenvalue weighted by Crippen LogP contribution is -2.14. The van der Waals surface area contributed by atoms with Gasteiger partial charge in [0.25, 0.3) is 5.91 Å². The smallest absolute Gasteiger partial charge is 0.252 e. The summed E-state index contributed by atoms with van der Waals surface area (Å²) in [5.41, 5.74) is 12.5. The lowest BCUT2D eigenvalue weighted by Gasteiger charge is -2.12. The van der Waals surface area contributed by atoms with Gasteiger partial charge in [0.15, 0.2) is 0 Å². The molecular formula is C16H14N4O. The first kappa shape index (κ1) is 12.9. The van der Waals surface area contributed by atoms with E-state index in [0.29, 0.717) is 11.5 Å². The fourth-order valence-electron chi connectivity index (χ4n) is 2.23. The molecule has 1 aromatic heterocycles. The van der Waals surface area contributed by atoms with Gasteiger partial charge in [-0.15, -0.1) is 0 Å². The lowest BCUT2D eigenvalue weighted by atomic mass is 10.1. The Morgan fingerprint density at radius 1 is 1.10 bits per heavy atom. The number of amides is 1. The highest BCUT2D eigenvalue weighted by Gasteiger charge is 2.11. The Bertz CT molecular complexity index is 824. The molecule has 0 saturated carbocycles. The molecular weight excluding hydrogens is 264 g/mol. The monoisotopic (exact) mass is 278 g/mol. The molecule has 3 rings (SSSR count). The summed E-state index contributed by atoms with van der Waals surface area (Å²) in [5.74, 6) is -0.175. The second-order valence-corrected chi connectivity index (χ2v) is 4.68. The Balaban J connectivity index is 2.09. The summed E-state index contributed by atoms with van der Waals surface area (Å²) < 4.78 is 0. The van der Waals surface area contributed by atoms with E-state index in [0.717, 1.165) is 16.5 Å². The van der Waals surface area contributed by atoms with Crippen molar-refractivity contribution in [3.8, 4) is 0 Å². The van der Waals surface area contributed by atoms with Gasteiger partial charge in [0.2, 0.25) is 0 Å². The Labute approximate surface area is 121 Å². The van der Waals surface area contributed by atoms with Gasteiger partial charge >= 0.3 is 0 Å². The van der Waals surface area contributed by atoms with Gasteiger partial charge in [-0.3, -0.25) is 4.79 Å². The average Bonchev–Trinajstić information content (AvgIpc) is 2.49. The molecule has 1 amide bonds. The van der Waals surface area contributed by atoms with Gasteiger partial charge in [0.1, 0.15) is 5.82 Å². The normalized spacial score (nSPS) is 10.5. The molecule has 1 heterocycles. The molecule has 0 bridgehead atoms. The third-order valence-electron chi connectivity index (χ3n) is 3.22. The van der Waals surface area contributed by atoms with Gasteiger partial charge in [-0.1, -0.05) is 36.4 Å². The Hall–Kier alpha value is -3.08. The second-order valence-electron chi connectivity index (χ2n) is 4.68. The maximum Gasteiger partial charge on any atom is 0.252 e. The summed E-state index contributed by atoms with van der Waals surface area (Å²) in [5, 5.41) is 5.29. The summed E-state index contributed by atoms with van der Waals surface area (Å²) in [7, 11) is 0. The molecule has 5 heteroatoms. The summed E-state index contributed by atoms with van der Waals surface area (Å²) in [4.78, 5) is 15.7. The lowest BCUT2D eigenvalue weighted by molar-refractivity contribution is 0.100. The third kappa shape index (κ3) is 2.49. The zero-order chi connectivity index (χ0) is 14.8. The van der Waals surface area contributed by atoms with Crippen LogP contribution in [0.2, 0.25) is 0 Å². The number of carbonyl (C=O) groups excluding carboxylic acids is 1. The number of hydrogen-bond acceptors (Lipinski definition) is 4. The van der Waals surface area contributed by atoms with E-state index in [9.17, 15) is 4.79 Å². The van der Waals surface area contributed by atoms with Crippen LogP contribution in [0.25, 0.3) is 10.8 Å². The van der Waals surface area contributed by atoms with Crippen molar-refractivity contribution in [2.24, 2.45) is 5.73 Å². The zero-order valence-corrected chi connectivity index (χ0v) is 11.2. The van der Waals surface area contributed by atoms with E-state index in [-0.39, 0.29) is 5.56 Å². The summed E-state index contributed by atoms with van der Waals surface area (Å²) >= 11 is 0. The van der Waals surface area contributed by atoms with Gasteiger partial charge in [0.05, 0.1) is 17.4 Å². The number of nitrogens with two attached hydrogens (primary N) is 2. The molecule has 21 heavy (non-hydrogen) atoms. The highest BCUT2D eigenvalue weighted by Crippen LogP contribution is 2.27. The van der Waals surface area contributed by atoms with Crippen LogP contribution in [0.3, 0.4) is 0 Å². The number of nitrogens with zero attached hydrogens (tertiary/aromatic N) is 1. The number of anilines is 3. The third-order valence-corrected chi connectivity index (χ3v) is 3.22. The van der Waals surface area contributed by atoms with E-state index in [4.69, 9.17) is 11.5 Å². The van der Waals surface area contributed by atoms with Gasteiger partial charge < -0.3 is 16.8 Å². The Morgan fingerprint density at radius 3 is 2.67 bits per heavy atom. The van der Waals surface area contributed by atoms with Crippen LogP contribution in [0, 0.1) is 0 Å². The Morgan fingerprint density at radius 2 is 1.86 bits per heavy atom. The predicted octanol–water partition coefficient (Wildman–Crippen LogP) is 2.66. The van der Waals surface area contributed by atoms with Crippen molar-refractivity contribution in [1.29, 1.82) is 0 Å². The fourth-order valence-corrected chi connectivity index (χ4v) is 2.23. The molecule has 0 aliphatic carbocycles. The summed E-state index contributed by atoms with van der Waals surface area (Å²) in [6.07, 6.45) is 1.49. The molecule has 0 fully saturated rings. The van der Waals surface area contributed by atoms with Crippen LogP contribution in [0.15, 0.2) is 54.7 Å². The van der Waals surface area contributed by atoms with Crippen molar-refractivity contribution in [2.75, 3.05) is 11.1 Å². The number of aromatic nitrogens is 1. The molecule has 0 spiro atoms. The number of pyridine rings is 1. The quantitative estimate of drug-likeness (QED) is 0.686. The van der Waals surface area contributed by atoms with E-state index in [1.807, 2.05) is 42.5 Å². The number of primary amides is 1. The van der Waals surface area contributed by atoms with Crippen LogP contribution >= 0.6 is 0 Å². The zero-order valence-electron chi connectivity index (χ0n) is 11.2. The molecule has 5 N–H and O–H groups in total. The molecule has 104 valence electrons. The first-order chi connectivity index (χ1) is 10.1. The fraction of sp³-hybridized carbons (Fsp3) is 0. The van der Waals surface area contributed by atoms with Gasteiger partial charge in [-0.25, -0.2) is 4.98 Å². The van der Waals surface area contributed by atoms with E-state index in [1.165, 1.54) is 12.3 Å². The number of hydrogen-bond donors (Lipinski definition) is 3. The van der Waals surface area contributed by atoms with E-state index < -0.39 is 5.91 Å². The van der Waals surface area contributed by atoms with Gasteiger partial charge in [-0.05, 0) is 17.5 Å². The van der Waals surface area contributed by atoms with Crippen molar-refractivity contribution >= 4 is 33.9 Å². The molecule has 0 unspecified atom stereocenters. The van der Waals surface area contributed by atoms with Crippen LogP contribution in [0.1, 0.15) is 10.4 Å². The number of carbonyl (C=O) groups is 1. The first-order valence-corrected chi connectivity index (χ1v) is 6.45. The highest BCUT2D eigenvalue weighted by atomic mass is 16.1. The summed E-state index contributed by atoms with van der Waals surface area (Å²) in [6.45, 7) is 0. The number of benzene rings is 2. The van der Waals surface area contributed by atoms with E-state index >= 15 is 0 Å². The first-order valence-electron chi connectivity index (χ1n) is 6.45. The van der Waals surface area contributed by atoms with Crippen molar-refractivity contribution in [2.45, 2.75) is 0 Å². The van der Waals surface area contributed by atoms with Crippen LogP contribution in [-0.4, -0.2) is 10.9 Å². The largest absolute Gasteiger partial charge is 0.397 e. The van der Waals surface area contributed by atoms with Crippen molar-refractivity contribution < 1.29 is 4.79 Å². The maximum absolute atomic E-state index is 11.5. The van der Waals surface area contributed by atoms with E-state index in [1.54, 1.807) is 0 Å². The number of fused-ring (bicyclic) bond motifs is 1. The molecule has 5 nitrogen and oxygen atoms in total. The van der Waals surface area contributed by atoms with Crippen molar-refractivity contribution in [3.05, 3.63) is 60.3 Å². The summed E-state index contributed by atoms with van der Waals surface area (Å²) in [6, 6.07) is 15.3. The predicted molar refractivity (Wildman–Crippen MR) is 84.4 cm³/mol. The molecule has 3 aromatic rings. The topological polar surface area (TPSA) is 94.0 Å². The highest BCUT2D eigenvalue weighted by molar-refractivity contribution is 6.01. The molecule has 0 radical (unpaired) electrons. The molecule has 0 atom stereocenters. The standard InChI is InChI=1S/C16H14N4O/c17-11-8-13(15(18)21)16(19-9-11)20-14-7-3-5-10-4-1-2-6-12(10)14/h1-9H,17H2,(H2,18,21)(H,19,20). The van der Waals surface area contributed by atoms with Crippen LogP contribution < -0.4 is 16.8 Å². The van der Waals surface area contributed by atoms with Gasteiger partial charge in [0, 0.05) is 11.1 Å². The average molecular weight is 278 g/mol. The molecule has 2 aromatic carbocycles. The number of rotatable bonds is 3. The molecule has 0 saturated heterocycles. The second kappa shape index (κ2) is 5.13. The number of nitrogens with one attached hydrogen (secondary N) is 1. The molecule has 0 aliphatic heterocycles. The number of nitrogen functional groups attached to an aromatic ring is 1. The molecule has 0 aliphatic rings. The Kier molecular flexibility index (Phi) is 3.16. The minimum atomic E-state index is -0.572. The minimum absolute atomic E-state index is 0.267. The van der Waals surface area contributed by atoms with Crippen LogP contribution in [0.5, 0.6) is 0 Å². The van der Waals surface area contributed by atoms with E-state index in [2.05, 4.69) is 10.3 Å². The van der Waals surface area contributed by atoms with Crippen LogP contribution in [0.4, 0.5) is 17.2 Å². The van der Waals surface area contributed by atoms with Crippen molar-refractivity contribution in [3.63, 3.8) is 0 Å².